The Morgan fingerprint density at radius 3 is 2.00 bits per heavy atom. The second kappa shape index (κ2) is 17.4. The first kappa shape index (κ1) is 43.4. The number of aromatic amines is 3. The van der Waals surface area contributed by atoms with Crippen molar-refractivity contribution in [1.82, 2.24) is 29.5 Å². The summed E-state index contributed by atoms with van der Waals surface area (Å²) in [6, 6.07) is 0. The molecule has 2 saturated heterocycles. The molecule has 4 aromatic heterocycles. The Labute approximate surface area is 314 Å². The van der Waals surface area contributed by atoms with Crippen LogP contribution in [-0.4, -0.2) is 128 Å². The number of aryl methyl sites for hydroxylation is 1. The van der Waals surface area contributed by atoms with Crippen molar-refractivity contribution in [2.75, 3.05) is 58.2 Å². The van der Waals surface area contributed by atoms with E-state index in [0.717, 1.165) is 0 Å². The minimum atomic E-state index is -4.98. The van der Waals surface area contributed by atoms with E-state index in [0.29, 0.717) is 0 Å². The monoisotopic (exact) mass is 840 g/mol. The van der Waals surface area contributed by atoms with Crippen molar-refractivity contribution in [2.45, 2.75) is 56.5 Å². The van der Waals surface area contributed by atoms with E-state index >= 15 is 0 Å². The summed E-state index contributed by atoms with van der Waals surface area (Å²) < 4.78 is 69.7. The summed E-state index contributed by atoms with van der Waals surface area (Å²) in [5.74, 6) is -0.380. The molecule has 0 aromatic carbocycles. The fraction of sp³-hybridized carbons (Fsp3) is 0.630. The summed E-state index contributed by atoms with van der Waals surface area (Å²) in [5.41, 5.74) is 10.5. The molecule has 4 unspecified atom stereocenters. The summed E-state index contributed by atoms with van der Waals surface area (Å²) in [6.07, 6.45) is -7.81. The van der Waals surface area contributed by atoms with Crippen molar-refractivity contribution in [1.29, 1.82) is 0 Å². The fourth-order valence-electron chi connectivity index (χ4n) is 5.99. The van der Waals surface area contributed by atoms with Crippen LogP contribution in [0.5, 0.6) is 0 Å². The molecule has 0 radical (unpaired) electrons. The first-order valence-electron chi connectivity index (χ1n) is 16.2. The number of nitrogen functional groups attached to an aromatic ring is 2. The van der Waals surface area contributed by atoms with Crippen molar-refractivity contribution in [2.24, 2.45) is 7.05 Å². The predicted molar refractivity (Wildman–Crippen MR) is 180 cm³/mol. The zero-order chi connectivity index (χ0) is 39.8. The van der Waals surface area contributed by atoms with Crippen LogP contribution in [0.25, 0.3) is 22.3 Å². The largest absolute Gasteiger partial charge is 0.756 e. The molecule has 2 aliphatic heterocycles. The molecule has 0 spiro atoms. The topological polar surface area (TPSA) is 387 Å². The molecule has 2 aliphatic rings. The lowest BCUT2D eigenvalue weighted by atomic mass is 10.1. The number of phosphoric acid groups is 2. The summed E-state index contributed by atoms with van der Waals surface area (Å²) in [7, 11) is -7.12. The van der Waals surface area contributed by atoms with Gasteiger partial charge in [0, 0.05) is 7.11 Å². The molecule has 0 aliphatic carbocycles. The third-order valence-corrected chi connectivity index (χ3v) is 10.4. The molecule has 2 fully saturated rings. The fourth-order valence-corrected chi connectivity index (χ4v) is 7.40. The van der Waals surface area contributed by atoms with Crippen molar-refractivity contribution >= 4 is 49.9 Å². The normalized spacial score (nSPS) is 27.4. The number of aromatic nitrogens is 8. The van der Waals surface area contributed by atoms with Gasteiger partial charge in [0.15, 0.2) is 12.7 Å². The standard InChI is InChI=1S/C26H38N10O17P2.CH4/c1-34-10-36(20-14(34)22(41)33-26(28)31-20)23-17(39)15(37)11(52-23)7-50-54(42,43)48-5-3-47-4-6-49-55(44,45)51-8-12-16(38)18(46-2)24(53-12)35-9-29-13-19(35)30-25(27)32-21(13)40;/h9-12,15-18,23-24,37-39H,3-8H2,1-2H3,(H7-,27,28,30,31,32,33,40,41,42,43,44,45);1H4/t11-,12?,15-,16-,17-,18-,23?,24-;/m1./s1. The van der Waals surface area contributed by atoms with E-state index in [4.69, 9.17) is 48.5 Å². The third kappa shape index (κ3) is 9.17. The number of hydrogen-bond donors (Lipinski definition) is 8. The Kier molecular flexibility index (Phi) is 13.5. The van der Waals surface area contributed by atoms with Crippen LogP contribution in [-0.2, 0) is 53.2 Å². The van der Waals surface area contributed by atoms with Crippen LogP contribution < -0.4 is 41.5 Å². The van der Waals surface area contributed by atoms with Crippen molar-refractivity contribution in [3.05, 3.63) is 33.4 Å². The van der Waals surface area contributed by atoms with Gasteiger partial charge in [0.05, 0.1) is 46.7 Å². The van der Waals surface area contributed by atoms with E-state index in [1.54, 1.807) is 0 Å². The molecule has 10 N–H and O–H groups in total. The number of fused-ring (bicyclic) bond motifs is 2. The number of nitrogens with two attached hydrogens (primary N) is 2. The summed E-state index contributed by atoms with van der Waals surface area (Å²) >= 11 is 0. The SMILES string of the molecule is C.CO[C@@H]1[C@H](O)C(COP(=O)([O-])OCCOCCOP(=O)([O-])OC[C@H]2OC([n+]3cn(C)c4c(=O)[nH]c(N)nc43)[C@H](O)[C@@H]2O)O[C@H]1[n+]1c[nH]c2c(=O)[nH]c(N)nc21. The second-order valence-corrected chi connectivity index (χ2v) is 15.0. The van der Waals surface area contributed by atoms with Gasteiger partial charge in [0.2, 0.25) is 23.5 Å². The average Bonchev–Trinajstić information content (AvgIpc) is 3.84. The highest BCUT2D eigenvalue weighted by Crippen LogP contribution is 2.41. The minimum absolute atomic E-state index is 0. The Morgan fingerprint density at radius 2 is 1.39 bits per heavy atom. The van der Waals surface area contributed by atoms with Gasteiger partial charge in [-0.2, -0.15) is 0 Å². The molecule has 6 rings (SSSR count). The molecular weight excluding hydrogens is 798 g/mol. The number of nitrogens with one attached hydrogen (secondary N) is 3. The van der Waals surface area contributed by atoms with E-state index in [1.807, 2.05) is 0 Å². The van der Waals surface area contributed by atoms with E-state index in [1.165, 1.54) is 40.5 Å². The Balaban J connectivity index is 0.00000600. The number of methoxy groups -OCH3 is 1. The van der Waals surface area contributed by atoms with Gasteiger partial charge in [-0.25, -0.2) is 9.13 Å². The predicted octanol–water partition coefficient (Wildman–Crippen LogP) is -5.19. The highest BCUT2D eigenvalue weighted by atomic mass is 31.2. The van der Waals surface area contributed by atoms with Crippen LogP contribution in [0.3, 0.4) is 0 Å². The molecule has 27 nitrogen and oxygen atoms in total. The van der Waals surface area contributed by atoms with Crippen LogP contribution in [0.4, 0.5) is 11.9 Å². The molecule has 29 heteroatoms. The zero-order valence-corrected chi connectivity index (χ0v) is 30.6. The van der Waals surface area contributed by atoms with Crippen molar-refractivity contribution in [3.8, 4) is 0 Å². The Morgan fingerprint density at radius 1 is 0.839 bits per heavy atom. The molecular formula is C27H42N10O17P2. The molecule has 56 heavy (non-hydrogen) atoms. The van der Waals surface area contributed by atoms with Gasteiger partial charge in [-0.15, -0.1) is 0 Å². The van der Waals surface area contributed by atoms with Gasteiger partial charge in [0.1, 0.15) is 36.6 Å². The Hall–Kier alpha value is -3.76. The molecule has 0 amide bonds. The maximum Gasteiger partial charge on any atom is 0.313 e. The number of aliphatic hydroxyl groups excluding tert-OH is 3. The highest BCUT2D eigenvalue weighted by molar-refractivity contribution is 7.46. The van der Waals surface area contributed by atoms with Crippen LogP contribution in [0.2, 0.25) is 0 Å². The molecule has 312 valence electrons. The van der Waals surface area contributed by atoms with E-state index < -0.39 is 102 Å². The van der Waals surface area contributed by atoms with Crippen LogP contribution in [0, 0.1) is 0 Å². The molecule has 0 bridgehead atoms. The van der Waals surface area contributed by atoms with Gasteiger partial charge < -0.3 is 73.6 Å². The maximum atomic E-state index is 12.3. The van der Waals surface area contributed by atoms with Gasteiger partial charge in [0.25, 0.3) is 38.7 Å². The number of rotatable bonds is 17. The smallest absolute Gasteiger partial charge is 0.313 e. The van der Waals surface area contributed by atoms with Crippen molar-refractivity contribution < 1.29 is 80.4 Å². The average molecular weight is 841 g/mol. The number of imidazole rings is 2. The van der Waals surface area contributed by atoms with E-state index in [-0.39, 0.29) is 54.9 Å². The summed E-state index contributed by atoms with van der Waals surface area (Å²) in [6.45, 7) is -3.21. The van der Waals surface area contributed by atoms with Crippen LogP contribution >= 0.6 is 15.6 Å². The lowest BCUT2D eigenvalue weighted by molar-refractivity contribution is -0.746. The summed E-state index contributed by atoms with van der Waals surface area (Å²) in [5, 5.41) is 31.8. The molecule has 4 aromatic rings. The minimum Gasteiger partial charge on any atom is -0.756 e. The van der Waals surface area contributed by atoms with Crippen molar-refractivity contribution in [3.63, 3.8) is 0 Å². The van der Waals surface area contributed by atoms with Crippen LogP contribution in [0.15, 0.2) is 22.2 Å². The van der Waals surface area contributed by atoms with Crippen LogP contribution in [0.1, 0.15) is 19.9 Å². The van der Waals surface area contributed by atoms with Gasteiger partial charge in [-0.1, -0.05) is 17.4 Å². The molecule has 6 heterocycles. The second-order valence-electron chi connectivity index (χ2n) is 12.2. The quantitative estimate of drug-likeness (QED) is 0.0280. The number of nitrogens with zero attached hydrogens (tertiary/aromatic N) is 5. The molecule has 0 saturated carbocycles. The lowest BCUT2D eigenvalue weighted by Gasteiger charge is -2.25. The first-order valence-corrected chi connectivity index (χ1v) is 19.1. The number of aliphatic hydroxyl groups is 3. The third-order valence-electron chi connectivity index (χ3n) is 8.52. The van der Waals surface area contributed by atoms with Gasteiger partial charge >= 0.3 is 11.3 Å². The zero-order valence-electron chi connectivity index (χ0n) is 28.9. The lowest BCUT2D eigenvalue weighted by Crippen LogP contribution is -2.46. The number of anilines is 2. The Bertz CT molecular complexity index is 2220. The number of H-pyrrole nitrogens is 3. The number of hydrogen-bond acceptors (Lipinski definition) is 21. The van der Waals surface area contributed by atoms with Gasteiger partial charge in [-0.3, -0.25) is 38.2 Å². The van der Waals surface area contributed by atoms with E-state index in [2.05, 4.69) is 24.9 Å². The molecule has 10 atom stereocenters. The maximum absolute atomic E-state index is 12.3. The van der Waals surface area contributed by atoms with Gasteiger partial charge in [-0.05, 0) is 0 Å². The highest BCUT2D eigenvalue weighted by Gasteiger charge is 2.49. The summed E-state index contributed by atoms with van der Waals surface area (Å²) in [4.78, 5) is 64.6. The number of phosphoric ester groups is 2. The first-order chi connectivity index (χ1) is 26.0. The van der Waals surface area contributed by atoms with E-state index in [9.17, 15) is 43.8 Å². The number of ether oxygens (including phenoxy) is 4.